The van der Waals surface area contributed by atoms with Crippen LogP contribution in [-0.2, 0) is 0 Å². The second-order valence-corrected chi connectivity index (χ2v) is 16.6. The summed E-state index contributed by atoms with van der Waals surface area (Å²) in [6, 6.07) is 78.0. The molecule has 0 unspecified atom stereocenters. The normalized spacial score (nSPS) is 12.6. The molecule has 0 N–H and O–H groups in total. The molecule has 8 aromatic carbocycles. The van der Waals surface area contributed by atoms with Crippen LogP contribution in [-0.4, -0.2) is 8.07 Å². The van der Waals surface area contributed by atoms with E-state index in [0.29, 0.717) is 0 Å². The van der Waals surface area contributed by atoms with E-state index in [1.807, 2.05) is 0 Å². The Labute approximate surface area is 295 Å². The van der Waals surface area contributed by atoms with Gasteiger partial charge in [-0.15, -0.1) is 0 Å². The van der Waals surface area contributed by atoms with Crippen molar-refractivity contribution in [1.82, 2.24) is 0 Å². The molecular formula is C48H35NSi. The molecule has 50 heavy (non-hydrogen) atoms. The summed E-state index contributed by atoms with van der Waals surface area (Å²) in [4.78, 5) is 2.52. The van der Waals surface area contributed by atoms with Gasteiger partial charge in [-0.1, -0.05) is 188 Å². The van der Waals surface area contributed by atoms with Crippen LogP contribution < -0.4 is 25.6 Å². The first-order chi connectivity index (χ1) is 24.8. The Morgan fingerprint density at radius 1 is 0.300 bits per heavy atom. The standard InChI is InChI=1S/C48H35NSi/c1-5-18-36(19-6-1)37-32-34-39(35-33-37)49(45-29-15-13-26-42(45)38-20-7-2-8-21-38)46-30-17-28-44-43-27-14-16-31-47(43)50(48(44)46,40-22-9-3-10-23-40)41-24-11-4-12-25-41/h1-35H. The van der Waals surface area contributed by atoms with Gasteiger partial charge in [-0.2, -0.15) is 0 Å². The van der Waals surface area contributed by atoms with E-state index in [0.717, 1.165) is 11.4 Å². The van der Waals surface area contributed by atoms with Crippen molar-refractivity contribution in [3.8, 4) is 33.4 Å². The van der Waals surface area contributed by atoms with E-state index < -0.39 is 8.07 Å². The first-order valence-electron chi connectivity index (χ1n) is 17.3. The van der Waals surface area contributed by atoms with Gasteiger partial charge >= 0.3 is 0 Å². The monoisotopic (exact) mass is 653 g/mol. The van der Waals surface area contributed by atoms with Gasteiger partial charge in [-0.05, 0) is 72.8 Å². The van der Waals surface area contributed by atoms with Crippen molar-refractivity contribution >= 4 is 45.9 Å². The third-order valence-corrected chi connectivity index (χ3v) is 15.1. The minimum absolute atomic E-state index is 1.13. The number of nitrogens with zero attached hydrogens (tertiary/aromatic N) is 1. The minimum Gasteiger partial charge on any atom is -0.310 e. The molecule has 1 aliphatic heterocycles. The maximum absolute atomic E-state index is 2.80. The van der Waals surface area contributed by atoms with Crippen molar-refractivity contribution in [2.24, 2.45) is 0 Å². The minimum atomic E-state index is -2.80. The average molecular weight is 654 g/mol. The molecule has 1 nitrogen and oxygen atoms in total. The fourth-order valence-corrected chi connectivity index (χ4v) is 13.4. The number of rotatable bonds is 7. The smallest absolute Gasteiger partial charge is 0.183 e. The summed E-state index contributed by atoms with van der Waals surface area (Å²) in [5.41, 5.74) is 11.0. The Hall–Kier alpha value is -6.22. The molecule has 0 saturated carbocycles. The zero-order chi connectivity index (χ0) is 33.3. The Kier molecular flexibility index (Phi) is 7.57. The van der Waals surface area contributed by atoms with Crippen molar-refractivity contribution in [2.45, 2.75) is 0 Å². The second-order valence-electron chi connectivity index (χ2n) is 12.9. The van der Waals surface area contributed by atoms with Crippen LogP contribution in [0.15, 0.2) is 212 Å². The molecule has 0 aromatic heterocycles. The van der Waals surface area contributed by atoms with Gasteiger partial charge in [0.2, 0.25) is 0 Å². The molecule has 0 spiro atoms. The van der Waals surface area contributed by atoms with Gasteiger partial charge in [0.15, 0.2) is 8.07 Å². The SMILES string of the molecule is c1ccc(-c2ccc(N(c3ccccc3-c3ccccc3)c3cccc4c3[Si](c3ccccc3)(c3ccccc3)c3ccccc3-4)cc2)cc1. The first kappa shape index (κ1) is 29.9. The zero-order valence-corrected chi connectivity index (χ0v) is 28.7. The van der Waals surface area contributed by atoms with Crippen molar-refractivity contribution in [3.63, 3.8) is 0 Å². The van der Waals surface area contributed by atoms with Gasteiger partial charge in [0.1, 0.15) is 0 Å². The van der Waals surface area contributed by atoms with E-state index in [4.69, 9.17) is 0 Å². The quantitative estimate of drug-likeness (QED) is 0.155. The van der Waals surface area contributed by atoms with Crippen molar-refractivity contribution < 1.29 is 0 Å². The van der Waals surface area contributed by atoms with E-state index >= 15 is 0 Å². The summed E-state index contributed by atoms with van der Waals surface area (Å²) < 4.78 is 0. The van der Waals surface area contributed by atoms with Gasteiger partial charge < -0.3 is 4.90 Å². The van der Waals surface area contributed by atoms with Gasteiger partial charge in [0.05, 0.1) is 5.69 Å². The number of hydrogen-bond acceptors (Lipinski definition) is 1. The number of anilines is 3. The number of hydrogen-bond donors (Lipinski definition) is 0. The van der Waals surface area contributed by atoms with Crippen LogP contribution in [0, 0.1) is 0 Å². The molecule has 2 heteroatoms. The summed E-state index contributed by atoms with van der Waals surface area (Å²) >= 11 is 0. The zero-order valence-electron chi connectivity index (χ0n) is 27.7. The second kappa shape index (κ2) is 12.7. The molecule has 8 aromatic rings. The van der Waals surface area contributed by atoms with E-state index in [1.54, 1.807) is 0 Å². The van der Waals surface area contributed by atoms with Gasteiger partial charge in [0, 0.05) is 16.9 Å². The third kappa shape index (κ3) is 4.84. The molecular weight excluding hydrogens is 619 g/mol. The largest absolute Gasteiger partial charge is 0.310 e. The topological polar surface area (TPSA) is 3.24 Å². The first-order valence-corrected chi connectivity index (χ1v) is 19.3. The Balaban J connectivity index is 1.38. The molecule has 1 heterocycles. The van der Waals surface area contributed by atoms with Crippen LogP contribution in [0.1, 0.15) is 0 Å². The lowest BCUT2D eigenvalue weighted by Crippen LogP contribution is -2.73. The van der Waals surface area contributed by atoms with E-state index in [1.165, 1.54) is 59.8 Å². The van der Waals surface area contributed by atoms with Gasteiger partial charge in [0.25, 0.3) is 0 Å². The summed E-state index contributed by atoms with van der Waals surface area (Å²) in [6.07, 6.45) is 0. The van der Waals surface area contributed by atoms with Crippen molar-refractivity contribution in [1.29, 1.82) is 0 Å². The summed E-state index contributed by atoms with van der Waals surface area (Å²) in [6.45, 7) is 0. The molecule has 0 saturated heterocycles. The van der Waals surface area contributed by atoms with Crippen molar-refractivity contribution in [3.05, 3.63) is 212 Å². The molecule has 0 aliphatic carbocycles. The van der Waals surface area contributed by atoms with Crippen molar-refractivity contribution in [2.75, 3.05) is 4.90 Å². The summed E-state index contributed by atoms with van der Waals surface area (Å²) in [5.74, 6) is 0. The van der Waals surface area contributed by atoms with E-state index in [9.17, 15) is 0 Å². The van der Waals surface area contributed by atoms with Crippen LogP contribution in [0.3, 0.4) is 0 Å². The summed E-state index contributed by atoms with van der Waals surface area (Å²) in [5, 5.41) is 5.64. The highest BCUT2D eigenvalue weighted by Gasteiger charge is 2.50. The van der Waals surface area contributed by atoms with Gasteiger partial charge in [-0.25, -0.2) is 0 Å². The fraction of sp³-hybridized carbons (Fsp3) is 0. The number of fused-ring (bicyclic) bond motifs is 3. The maximum atomic E-state index is 2.52. The Morgan fingerprint density at radius 3 is 1.40 bits per heavy atom. The van der Waals surface area contributed by atoms with Crippen LogP contribution >= 0.6 is 0 Å². The predicted octanol–water partition coefficient (Wildman–Crippen LogP) is 9.85. The van der Waals surface area contributed by atoms with E-state index in [2.05, 4.69) is 217 Å². The highest BCUT2D eigenvalue weighted by atomic mass is 28.3. The predicted molar refractivity (Wildman–Crippen MR) is 215 cm³/mol. The molecule has 0 atom stereocenters. The van der Waals surface area contributed by atoms with Crippen LogP contribution in [0.2, 0.25) is 0 Å². The van der Waals surface area contributed by atoms with E-state index in [-0.39, 0.29) is 0 Å². The van der Waals surface area contributed by atoms with Crippen LogP contribution in [0.25, 0.3) is 33.4 Å². The lowest BCUT2D eigenvalue weighted by atomic mass is 10.00. The molecule has 0 amide bonds. The van der Waals surface area contributed by atoms with Crippen LogP contribution in [0.4, 0.5) is 17.1 Å². The Bertz CT molecular complexity index is 2360. The molecule has 0 fully saturated rings. The number of para-hydroxylation sites is 1. The molecule has 0 bridgehead atoms. The molecule has 1 aliphatic rings. The summed E-state index contributed by atoms with van der Waals surface area (Å²) in [7, 11) is -2.80. The third-order valence-electron chi connectivity index (χ3n) is 10.2. The molecule has 9 rings (SSSR count). The highest BCUT2D eigenvalue weighted by Crippen LogP contribution is 2.43. The highest BCUT2D eigenvalue weighted by molar-refractivity contribution is 7.22. The van der Waals surface area contributed by atoms with Gasteiger partial charge in [-0.3, -0.25) is 0 Å². The van der Waals surface area contributed by atoms with Crippen LogP contribution in [0.5, 0.6) is 0 Å². The maximum Gasteiger partial charge on any atom is 0.183 e. The lowest BCUT2D eigenvalue weighted by Gasteiger charge is -2.36. The average Bonchev–Trinajstić information content (AvgIpc) is 3.52. The number of benzene rings is 8. The Morgan fingerprint density at radius 2 is 0.760 bits per heavy atom. The fourth-order valence-electron chi connectivity index (χ4n) is 8.04. The molecule has 236 valence electrons. The lowest BCUT2D eigenvalue weighted by molar-refractivity contribution is 1.29. The molecule has 0 radical (unpaired) electrons.